The van der Waals surface area contributed by atoms with E-state index in [9.17, 15) is 4.79 Å². The molecule has 1 aromatic carbocycles. The molecule has 2 aliphatic rings. The van der Waals surface area contributed by atoms with Crippen LogP contribution in [0.4, 0.5) is 5.69 Å². The summed E-state index contributed by atoms with van der Waals surface area (Å²) >= 11 is 6.17. The van der Waals surface area contributed by atoms with Gasteiger partial charge in [-0.3, -0.25) is 9.69 Å². The first-order valence-corrected chi connectivity index (χ1v) is 9.95. The van der Waals surface area contributed by atoms with Crippen LogP contribution in [0.5, 0.6) is 5.75 Å². The van der Waals surface area contributed by atoms with Crippen LogP contribution in [0.3, 0.4) is 0 Å². The van der Waals surface area contributed by atoms with Crippen molar-refractivity contribution in [2.75, 3.05) is 19.9 Å². The van der Waals surface area contributed by atoms with Gasteiger partial charge >= 0.3 is 0 Å². The third-order valence-electron chi connectivity index (χ3n) is 5.75. The monoisotopic (exact) mass is 405 g/mol. The quantitative estimate of drug-likeness (QED) is 0.581. The number of hydrogen-bond acceptors (Lipinski definition) is 5. The molecule has 2 saturated heterocycles. The number of hydrogen-bond donors (Lipinski definition) is 2. The van der Waals surface area contributed by atoms with E-state index >= 15 is 0 Å². The van der Waals surface area contributed by atoms with Crippen molar-refractivity contribution in [2.45, 2.75) is 63.4 Å². The lowest BCUT2D eigenvalue weighted by Gasteiger charge is -2.37. The predicted octanol–water partition coefficient (Wildman–Crippen LogP) is 2.69. The van der Waals surface area contributed by atoms with E-state index < -0.39 is 0 Å². The van der Waals surface area contributed by atoms with E-state index in [2.05, 4.69) is 29.1 Å². The number of ether oxygens (including phenoxy) is 2. The van der Waals surface area contributed by atoms with Crippen LogP contribution < -0.4 is 15.8 Å². The second-order valence-electron chi connectivity index (χ2n) is 7.56. The summed E-state index contributed by atoms with van der Waals surface area (Å²) in [6, 6.07) is 3.97. The van der Waals surface area contributed by atoms with Crippen molar-refractivity contribution in [3.63, 3.8) is 0 Å². The Hall–Kier alpha value is -1.94. The van der Waals surface area contributed by atoms with Crippen molar-refractivity contribution in [1.82, 2.24) is 10.2 Å². The first-order valence-electron chi connectivity index (χ1n) is 9.57. The average Bonchev–Trinajstić information content (AvgIpc) is 2.82. The fraction of sp³-hybridized carbons (Fsp3) is 0.571. The van der Waals surface area contributed by atoms with Crippen LogP contribution in [0.15, 0.2) is 12.1 Å². The number of methoxy groups -OCH3 is 1. The highest BCUT2D eigenvalue weighted by molar-refractivity contribution is 6.33. The Morgan fingerprint density at radius 1 is 1.39 bits per heavy atom. The summed E-state index contributed by atoms with van der Waals surface area (Å²) in [6.45, 7) is 3.56. The topological polar surface area (TPSA) is 76.8 Å². The van der Waals surface area contributed by atoms with Crippen molar-refractivity contribution in [3.05, 3.63) is 22.7 Å². The number of rotatable bonds is 5. The number of piperidine rings is 1. The van der Waals surface area contributed by atoms with E-state index in [-0.39, 0.29) is 24.2 Å². The van der Waals surface area contributed by atoms with Crippen LogP contribution in [-0.4, -0.2) is 55.3 Å². The molecule has 2 aliphatic heterocycles. The SMILES string of the molecule is CC#C[C@H](C)Oc1cc(N)c(Cl)cc1C(=O)N[C@H]1CC2C[C@@H](OC)C(C1)N2C. The highest BCUT2D eigenvalue weighted by atomic mass is 35.5. The van der Waals surface area contributed by atoms with Crippen molar-refractivity contribution >= 4 is 23.2 Å². The summed E-state index contributed by atoms with van der Waals surface area (Å²) in [6.07, 6.45) is 2.61. The first kappa shape index (κ1) is 20.8. The summed E-state index contributed by atoms with van der Waals surface area (Å²) in [5.41, 5.74) is 6.65. The van der Waals surface area contributed by atoms with Crippen molar-refractivity contribution in [3.8, 4) is 17.6 Å². The van der Waals surface area contributed by atoms with Crippen molar-refractivity contribution in [2.24, 2.45) is 0 Å². The van der Waals surface area contributed by atoms with Gasteiger partial charge in [-0.1, -0.05) is 17.5 Å². The van der Waals surface area contributed by atoms with Gasteiger partial charge in [-0.15, -0.1) is 5.92 Å². The van der Waals surface area contributed by atoms with Crippen LogP contribution >= 0.6 is 11.6 Å². The van der Waals surface area contributed by atoms with Gasteiger partial charge < -0.3 is 20.5 Å². The molecular weight excluding hydrogens is 378 g/mol. The molecule has 7 heteroatoms. The third kappa shape index (κ3) is 4.22. The van der Waals surface area contributed by atoms with Crippen LogP contribution in [-0.2, 0) is 4.74 Å². The minimum absolute atomic E-state index is 0.0795. The van der Waals surface area contributed by atoms with Gasteiger partial charge in [0.1, 0.15) is 5.75 Å². The molecule has 6 nitrogen and oxygen atoms in total. The van der Waals surface area contributed by atoms with E-state index in [1.165, 1.54) is 0 Å². The van der Waals surface area contributed by atoms with Gasteiger partial charge in [-0.05, 0) is 46.2 Å². The summed E-state index contributed by atoms with van der Waals surface area (Å²) in [4.78, 5) is 15.4. The zero-order chi connectivity index (χ0) is 20.4. The highest BCUT2D eigenvalue weighted by Gasteiger charge is 2.45. The van der Waals surface area contributed by atoms with Crippen LogP contribution in [0.2, 0.25) is 5.02 Å². The number of carbonyl (C=O) groups excluding carboxylic acids is 1. The molecule has 0 aromatic heterocycles. The van der Waals surface area contributed by atoms with Crippen molar-refractivity contribution < 1.29 is 14.3 Å². The Kier molecular flexibility index (Phi) is 6.39. The molecule has 5 atom stereocenters. The van der Waals surface area contributed by atoms with Crippen LogP contribution in [0.1, 0.15) is 43.5 Å². The molecule has 0 spiro atoms. The third-order valence-corrected chi connectivity index (χ3v) is 6.08. The fourth-order valence-electron chi connectivity index (χ4n) is 4.32. The zero-order valence-electron chi connectivity index (χ0n) is 16.8. The molecule has 28 heavy (non-hydrogen) atoms. The van der Waals surface area contributed by atoms with E-state index in [0.717, 1.165) is 19.3 Å². The second-order valence-corrected chi connectivity index (χ2v) is 7.97. The first-order chi connectivity index (χ1) is 13.3. The maximum atomic E-state index is 13.0. The molecule has 2 heterocycles. The van der Waals surface area contributed by atoms with Gasteiger partial charge in [0.25, 0.3) is 5.91 Å². The number of nitrogens with zero attached hydrogens (tertiary/aromatic N) is 1. The summed E-state index contributed by atoms with van der Waals surface area (Å²) in [7, 11) is 3.89. The summed E-state index contributed by atoms with van der Waals surface area (Å²) < 4.78 is 11.5. The Morgan fingerprint density at radius 2 is 2.14 bits per heavy atom. The summed E-state index contributed by atoms with van der Waals surface area (Å²) in [5, 5.41) is 3.49. The molecule has 152 valence electrons. The lowest BCUT2D eigenvalue weighted by molar-refractivity contribution is 0.0523. The minimum atomic E-state index is -0.362. The summed E-state index contributed by atoms with van der Waals surface area (Å²) in [5.74, 6) is 5.90. The van der Waals surface area contributed by atoms with Gasteiger partial charge in [0, 0.05) is 31.3 Å². The fourth-order valence-corrected chi connectivity index (χ4v) is 4.49. The molecule has 2 fully saturated rings. The van der Waals surface area contributed by atoms with Gasteiger partial charge in [-0.25, -0.2) is 0 Å². The molecule has 1 amide bonds. The number of nitrogen functional groups attached to an aromatic ring is 1. The number of nitrogens with two attached hydrogens (primary N) is 1. The van der Waals surface area contributed by atoms with Crippen LogP contribution in [0.25, 0.3) is 0 Å². The molecule has 3 N–H and O–H groups in total. The molecule has 2 bridgehead atoms. The Balaban J connectivity index is 1.77. The van der Waals surface area contributed by atoms with E-state index in [1.807, 2.05) is 6.92 Å². The lowest BCUT2D eigenvalue weighted by Crippen LogP contribution is -2.50. The largest absolute Gasteiger partial charge is 0.477 e. The molecule has 0 radical (unpaired) electrons. The average molecular weight is 406 g/mol. The molecule has 0 saturated carbocycles. The number of nitrogens with one attached hydrogen (secondary N) is 1. The van der Waals surface area contributed by atoms with Crippen molar-refractivity contribution in [1.29, 1.82) is 0 Å². The normalized spacial score (nSPS) is 27.6. The van der Waals surface area contributed by atoms with Gasteiger partial charge in [0.15, 0.2) is 6.10 Å². The second kappa shape index (κ2) is 8.60. The van der Waals surface area contributed by atoms with E-state index in [4.69, 9.17) is 26.8 Å². The molecular formula is C21H28ClN3O3. The standard InChI is InChI=1S/C21H28ClN3O3/c1-5-6-12(2)28-19-11-17(23)16(22)10-15(19)21(26)24-13-7-14-9-20(27-4)18(8-13)25(14)3/h10-14,18,20H,7-9,23H2,1-4H3,(H,24,26)/t12-,13-,14?,18?,20+/m0/s1. The minimum Gasteiger partial charge on any atom is -0.477 e. The van der Waals surface area contributed by atoms with E-state index in [0.29, 0.717) is 34.1 Å². The van der Waals surface area contributed by atoms with Crippen LogP contribution in [0, 0.1) is 11.8 Å². The van der Waals surface area contributed by atoms with E-state index in [1.54, 1.807) is 26.2 Å². The Labute approximate surface area is 171 Å². The number of benzene rings is 1. The Morgan fingerprint density at radius 3 is 2.82 bits per heavy atom. The lowest BCUT2D eigenvalue weighted by atomic mass is 9.97. The number of halogens is 1. The number of fused-ring (bicyclic) bond motifs is 2. The number of carbonyl (C=O) groups is 1. The predicted molar refractivity (Wildman–Crippen MR) is 111 cm³/mol. The number of anilines is 1. The molecule has 3 rings (SSSR count). The smallest absolute Gasteiger partial charge is 0.255 e. The zero-order valence-corrected chi connectivity index (χ0v) is 17.5. The highest BCUT2D eigenvalue weighted by Crippen LogP contribution is 2.36. The number of likely N-dealkylation sites (N-methyl/N-ethyl adjacent to an activating group) is 1. The maximum Gasteiger partial charge on any atom is 0.255 e. The molecule has 0 aliphatic carbocycles. The maximum absolute atomic E-state index is 13.0. The van der Waals surface area contributed by atoms with Gasteiger partial charge in [0.05, 0.1) is 22.4 Å². The number of amides is 1. The van der Waals surface area contributed by atoms with Gasteiger partial charge in [-0.2, -0.15) is 0 Å². The molecule has 2 unspecified atom stereocenters. The molecule has 1 aromatic rings. The van der Waals surface area contributed by atoms with Gasteiger partial charge in [0.2, 0.25) is 0 Å². The Bertz CT molecular complexity index is 804.